The molecular formula is C17H27NO3. The van der Waals surface area contributed by atoms with Gasteiger partial charge < -0.3 is 15.2 Å². The Kier molecular flexibility index (Phi) is 8.51. The Morgan fingerprint density at radius 2 is 1.95 bits per heavy atom. The quantitative estimate of drug-likeness (QED) is 0.532. The second-order valence-corrected chi connectivity index (χ2v) is 5.08. The molecule has 118 valence electrons. The predicted molar refractivity (Wildman–Crippen MR) is 84.4 cm³/mol. The Morgan fingerprint density at radius 3 is 2.67 bits per heavy atom. The van der Waals surface area contributed by atoms with Crippen LogP contribution in [0.2, 0.25) is 0 Å². The van der Waals surface area contributed by atoms with Crippen LogP contribution in [-0.2, 0) is 16.0 Å². The molecule has 1 unspecified atom stereocenters. The summed E-state index contributed by atoms with van der Waals surface area (Å²) in [5.74, 6) is 0.448. The van der Waals surface area contributed by atoms with Crippen LogP contribution in [0.25, 0.3) is 0 Å². The number of carbonyl (C=O) groups excluding carboxylic acids is 1. The molecule has 1 rings (SSSR count). The zero-order valence-corrected chi connectivity index (χ0v) is 13.1. The van der Waals surface area contributed by atoms with Crippen LogP contribution in [0.1, 0.15) is 45.1 Å². The molecule has 0 spiro atoms. The first-order valence-corrected chi connectivity index (χ1v) is 7.82. The first kappa shape index (κ1) is 17.5. The normalized spacial score (nSPS) is 12.0. The molecular weight excluding hydrogens is 266 g/mol. The van der Waals surface area contributed by atoms with Gasteiger partial charge in [-0.25, -0.2) is 0 Å². The fourth-order valence-corrected chi connectivity index (χ4v) is 2.09. The van der Waals surface area contributed by atoms with Gasteiger partial charge in [-0.15, -0.1) is 0 Å². The summed E-state index contributed by atoms with van der Waals surface area (Å²) in [5.41, 5.74) is 6.82. The molecule has 0 heterocycles. The van der Waals surface area contributed by atoms with Gasteiger partial charge in [-0.2, -0.15) is 0 Å². The van der Waals surface area contributed by atoms with E-state index in [0.717, 1.165) is 17.7 Å². The van der Waals surface area contributed by atoms with Crippen molar-refractivity contribution in [3.63, 3.8) is 0 Å². The number of ether oxygens (including phenoxy) is 2. The molecule has 2 N–H and O–H groups in total. The van der Waals surface area contributed by atoms with E-state index in [1.54, 1.807) is 6.92 Å². The molecule has 0 aliphatic carbocycles. The van der Waals surface area contributed by atoms with Crippen molar-refractivity contribution in [2.24, 2.45) is 5.73 Å². The smallest absolute Gasteiger partial charge is 0.323 e. The van der Waals surface area contributed by atoms with E-state index >= 15 is 0 Å². The standard InChI is InChI=1S/C17H27NO3/c1-3-5-6-9-12-21-16-11-8-7-10-14(16)13-15(18)17(19)20-4-2/h7-8,10-11,15H,3-6,9,12-13,18H2,1-2H3. The Labute approximate surface area is 127 Å². The number of nitrogens with two attached hydrogens (primary N) is 1. The van der Waals surface area contributed by atoms with Gasteiger partial charge in [0.2, 0.25) is 0 Å². The van der Waals surface area contributed by atoms with Crippen molar-refractivity contribution in [2.75, 3.05) is 13.2 Å². The molecule has 0 aliphatic rings. The van der Waals surface area contributed by atoms with E-state index in [-0.39, 0.29) is 5.97 Å². The molecule has 4 heteroatoms. The van der Waals surface area contributed by atoms with Crippen molar-refractivity contribution in [1.29, 1.82) is 0 Å². The van der Waals surface area contributed by atoms with Crippen molar-refractivity contribution in [3.8, 4) is 5.75 Å². The van der Waals surface area contributed by atoms with Gasteiger partial charge in [0.05, 0.1) is 13.2 Å². The highest BCUT2D eigenvalue weighted by atomic mass is 16.5. The van der Waals surface area contributed by atoms with Crippen molar-refractivity contribution < 1.29 is 14.3 Å². The summed E-state index contributed by atoms with van der Waals surface area (Å²) in [7, 11) is 0. The highest BCUT2D eigenvalue weighted by Gasteiger charge is 2.17. The Morgan fingerprint density at radius 1 is 1.19 bits per heavy atom. The molecule has 0 bridgehead atoms. The molecule has 4 nitrogen and oxygen atoms in total. The molecule has 0 fully saturated rings. The summed E-state index contributed by atoms with van der Waals surface area (Å²) >= 11 is 0. The van der Waals surface area contributed by atoms with E-state index in [1.807, 2.05) is 24.3 Å². The molecule has 0 aromatic heterocycles. The van der Waals surface area contributed by atoms with E-state index in [2.05, 4.69) is 6.92 Å². The summed E-state index contributed by atoms with van der Waals surface area (Å²) in [6, 6.07) is 7.08. The van der Waals surface area contributed by atoms with E-state index in [4.69, 9.17) is 15.2 Å². The Hall–Kier alpha value is -1.55. The van der Waals surface area contributed by atoms with Gasteiger partial charge in [-0.3, -0.25) is 4.79 Å². The van der Waals surface area contributed by atoms with Crippen LogP contribution in [-0.4, -0.2) is 25.2 Å². The third-order valence-corrected chi connectivity index (χ3v) is 3.26. The fourth-order valence-electron chi connectivity index (χ4n) is 2.09. The van der Waals surface area contributed by atoms with Crippen LogP contribution in [0.15, 0.2) is 24.3 Å². The van der Waals surface area contributed by atoms with Crippen molar-refractivity contribution in [1.82, 2.24) is 0 Å². The number of esters is 1. The molecule has 0 saturated carbocycles. The van der Waals surface area contributed by atoms with Crippen LogP contribution >= 0.6 is 0 Å². The monoisotopic (exact) mass is 293 g/mol. The molecule has 1 aromatic rings. The topological polar surface area (TPSA) is 61.5 Å². The summed E-state index contributed by atoms with van der Waals surface area (Å²) < 4.78 is 10.8. The number of benzene rings is 1. The van der Waals surface area contributed by atoms with E-state index in [0.29, 0.717) is 19.6 Å². The third kappa shape index (κ3) is 6.63. The number of hydrogen-bond acceptors (Lipinski definition) is 4. The number of rotatable bonds is 10. The Bertz CT molecular complexity index is 420. The molecule has 0 aliphatic heterocycles. The molecule has 0 amide bonds. The van der Waals surface area contributed by atoms with Crippen molar-refractivity contribution in [2.45, 2.75) is 52.0 Å². The zero-order chi connectivity index (χ0) is 15.5. The summed E-state index contributed by atoms with van der Waals surface area (Å²) in [4.78, 5) is 11.6. The minimum atomic E-state index is -0.644. The average molecular weight is 293 g/mol. The van der Waals surface area contributed by atoms with Crippen LogP contribution in [0.5, 0.6) is 5.75 Å². The maximum atomic E-state index is 11.6. The molecule has 0 saturated heterocycles. The lowest BCUT2D eigenvalue weighted by atomic mass is 10.1. The largest absolute Gasteiger partial charge is 0.493 e. The Balaban J connectivity index is 2.52. The van der Waals surface area contributed by atoms with Gasteiger partial charge >= 0.3 is 5.97 Å². The van der Waals surface area contributed by atoms with Crippen LogP contribution in [0, 0.1) is 0 Å². The minimum Gasteiger partial charge on any atom is -0.493 e. The van der Waals surface area contributed by atoms with Crippen LogP contribution in [0.4, 0.5) is 0 Å². The van der Waals surface area contributed by atoms with Crippen LogP contribution in [0.3, 0.4) is 0 Å². The zero-order valence-electron chi connectivity index (χ0n) is 13.1. The predicted octanol–water partition coefficient (Wildman–Crippen LogP) is 3.08. The van der Waals surface area contributed by atoms with E-state index < -0.39 is 6.04 Å². The lowest BCUT2D eigenvalue weighted by molar-refractivity contribution is -0.144. The van der Waals surface area contributed by atoms with Crippen LogP contribution < -0.4 is 10.5 Å². The van der Waals surface area contributed by atoms with Gasteiger partial charge in [0.25, 0.3) is 0 Å². The SMILES string of the molecule is CCCCCCOc1ccccc1CC(N)C(=O)OCC. The van der Waals surface area contributed by atoms with Gasteiger partial charge in [0, 0.05) is 6.42 Å². The van der Waals surface area contributed by atoms with Gasteiger partial charge in [-0.05, 0) is 25.0 Å². The lowest BCUT2D eigenvalue weighted by Crippen LogP contribution is -2.34. The number of carbonyl (C=O) groups is 1. The fraction of sp³-hybridized carbons (Fsp3) is 0.588. The van der Waals surface area contributed by atoms with Crippen molar-refractivity contribution in [3.05, 3.63) is 29.8 Å². The highest BCUT2D eigenvalue weighted by molar-refractivity contribution is 5.76. The number of para-hydroxylation sites is 1. The molecule has 1 aromatic carbocycles. The number of unbranched alkanes of at least 4 members (excludes halogenated alkanes) is 3. The first-order chi connectivity index (χ1) is 10.2. The van der Waals surface area contributed by atoms with E-state index in [9.17, 15) is 4.79 Å². The summed E-state index contributed by atoms with van der Waals surface area (Å²) in [6.07, 6.45) is 5.11. The highest BCUT2D eigenvalue weighted by Crippen LogP contribution is 2.20. The number of hydrogen-bond donors (Lipinski definition) is 1. The molecule has 1 atom stereocenters. The van der Waals surface area contributed by atoms with Crippen molar-refractivity contribution >= 4 is 5.97 Å². The average Bonchev–Trinajstić information content (AvgIpc) is 2.49. The summed E-state index contributed by atoms with van der Waals surface area (Å²) in [5, 5.41) is 0. The van der Waals surface area contributed by atoms with E-state index in [1.165, 1.54) is 19.3 Å². The second-order valence-electron chi connectivity index (χ2n) is 5.08. The van der Waals surface area contributed by atoms with Gasteiger partial charge in [0.15, 0.2) is 0 Å². The first-order valence-electron chi connectivity index (χ1n) is 7.82. The summed E-state index contributed by atoms with van der Waals surface area (Å²) in [6.45, 7) is 5.01. The van der Waals surface area contributed by atoms with Gasteiger partial charge in [-0.1, -0.05) is 44.4 Å². The lowest BCUT2D eigenvalue weighted by Gasteiger charge is -2.14. The van der Waals surface area contributed by atoms with Gasteiger partial charge in [0.1, 0.15) is 11.8 Å². The second kappa shape index (κ2) is 10.2. The maximum absolute atomic E-state index is 11.6. The molecule has 0 radical (unpaired) electrons. The third-order valence-electron chi connectivity index (χ3n) is 3.26. The molecule has 21 heavy (non-hydrogen) atoms. The minimum absolute atomic E-state index is 0.349. The maximum Gasteiger partial charge on any atom is 0.323 e.